The lowest BCUT2D eigenvalue weighted by Gasteiger charge is -2.35. The highest BCUT2D eigenvalue weighted by molar-refractivity contribution is 7.20. The summed E-state index contributed by atoms with van der Waals surface area (Å²) in [5.74, 6) is 2.47. The lowest BCUT2D eigenvalue weighted by atomic mass is 10.1. The minimum absolute atomic E-state index is 0.807. The van der Waals surface area contributed by atoms with E-state index in [4.69, 9.17) is 9.97 Å². The Kier molecular flexibility index (Phi) is 8.20. The van der Waals surface area contributed by atoms with Gasteiger partial charge in [0.15, 0.2) is 8.07 Å². The van der Waals surface area contributed by atoms with Crippen LogP contribution in [-0.2, 0) is 0 Å². The molecule has 314 valence electrons. The normalized spacial score (nSPS) is 12.2. The van der Waals surface area contributed by atoms with Crippen molar-refractivity contribution in [2.75, 3.05) is 0 Å². The fraction of sp³-hybridized carbons (Fsp3) is 0. The summed E-state index contributed by atoms with van der Waals surface area (Å²) in [6, 6.07) is 88.4. The molecule has 0 aliphatic heterocycles. The smallest absolute Gasteiger partial charge is 0.221 e. The molecule has 0 aliphatic rings. The summed E-state index contributed by atoms with van der Waals surface area (Å²) < 4.78 is 9.35. The minimum Gasteiger partial charge on any atom is -0.309 e. The Morgan fingerprint density at radius 3 is 1.30 bits per heavy atom. The third-order valence-electron chi connectivity index (χ3n) is 13.9. The summed E-state index contributed by atoms with van der Waals surface area (Å²) >= 11 is 0. The zero-order valence-electron chi connectivity index (χ0n) is 36.3. The van der Waals surface area contributed by atoms with E-state index in [1.54, 1.807) is 0 Å². The first kappa shape index (κ1) is 37.6. The minimum atomic E-state index is -3.08. The number of imidazole rings is 2. The van der Waals surface area contributed by atoms with E-state index in [9.17, 15) is 0 Å². The van der Waals surface area contributed by atoms with Gasteiger partial charge in [-0.1, -0.05) is 170 Å². The van der Waals surface area contributed by atoms with E-state index in [2.05, 4.69) is 261 Å². The van der Waals surface area contributed by atoms with Crippen LogP contribution in [0.2, 0.25) is 0 Å². The number of rotatable bonds is 7. The van der Waals surface area contributed by atoms with Crippen LogP contribution in [0.4, 0.5) is 0 Å². The van der Waals surface area contributed by atoms with Crippen molar-refractivity contribution >= 4 is 100 Å². The predicted molar refractivity (Wildman–Crippen MR) is 280 cm³/mol. The van der Waals surface area contributed by atoms with Gasteiger partial charge in [0.2, 0.25) is 5.78 Å². The van der Waals surface area contributed by atoms with Gasteiger partial charge in [-0.05, 0) is 93.5 Å². The van der Waals surface area contributed by atoms with E-state index < -0.39 is 8.07 Å². The van der Waals surface area contributed by atoms with Gasteiger partial charge in [0.25, 0.3) is 0 Å². The van der Waals surface area contributed by atoms with Crippen molar-refractivity contribution in [1.82, 2.24) is 28.1 Å². The third-order valence-corrected chi connectivity index (χ3v) is 18.7. The number of aromatic nitrogens is 6. The number of hydrogen-bond donors (Lipinski definition) is 0. The van der Waals surface area contributed by atoms with Crippen molar-refractivity contribution in [3.63, 3.8) is 0 Å². The fourth-order valence-corrected chi connectivity index (χ4v) is 15.9. The van der Waals surface area contributed by atoms with Gasteiger partial charge in [0.05, 0.1) is 44.1 Å². The highest BCUT2D eigenvalue weighted by atomic mass is 28.3. The molecule has 0 unspecified atom stereocenters. The molecule has 14 rings (SSSR count). The molecule has 9 aromatic carbocycles. The van der Waals surface area contributed by atoms with Gasteiger partial charge in [-0.3, -0.25) is 13.5 Å². The van der Waals surface area contributed by atoms with Crippen LogP contribution in [0.1, 0.15) is 0 Å². The molecule has 0 spiro atoms. The van der Waals surface area contributed by atoms with Gasteiger partial charge >= 0.3 is 0 Å². The fourth-order valence-electron chi connectivity index (χ4n) is 11.1. The van der Waals surface area contributed by atoms with Gasteiger partial charge in [0.1, 0.15) is 11.6 Å². The Bertz CT molecular complexity index is 4070. The van der Waals surface area contributed by atoms with E-state index in [0.717, 1.165) is 61.6 Å². The third kappa shape index (κ3) is 5.43. The van der Waals surface area contributed by atoms with Gasteiger partial charge in [-0.25, -0.2) is 9.97 Å². The van der Waals surface area contributed by atoms with Crippen LogP contribution in [0.5, 0.6) is 0 Å². The second kappa shape index (κ2) is 14.6. The van der Waals surface area contributed by atoms with Crippen LogP contribution in [0.3, 0.4) is 0 Å². The lowest BCUT2D eigenvalue weighted by Crippen LogP contribution is -2.74. The molecule has 0 atom stereocenters. The first-order valence-corrected chi connectivity index (χ1v) is 24.8. The average molecular weight is 873 g/mol. The molecule has 67 heavy (non-hydrogen) atoms. The molecule has 0 radical (unpaired) electrons. The van der Waals surface area contributed by atoms with Crippen LogP contribution >= 0.6 is 0 Å². The molecule has 5 heterocycles. The zero-order chi connectivity index (χ0) is 44.1. The maximum Gasteiger partial charge on any atom is 0.221 e. The van der Waals surface area contributed by atoms with Gasteiger partial charge in [-0.15, -0.1) is 0 Å². The molecular weight excluding hydrogens is 833 g/mol. The first-order chi connectivity index (χ1) is 33.3. The Morgan fingerprint density at radius 2 is 0.716 bits per heavy atom. The van der Waals surface area contributed by atoms with Crippen LogP contribution < -0.4 is 20.7 Å². The van der Waals surface area contributed by atoms with Crippen molar-refractivity contribution < 1.29 is 0 Å². The summed E-state index contributed by atoms with van der Waals surface area (Å²) in [7, 11) is -3.08. The van der Waals surface area contributed by atoms with Crippen LogP contribution in [0, 0.1) is 0 Å². The standard InChI is InChI=1S/C60H40N6Si/c1-4-20-42(21-5-1)67(43-22-6-2-7-23-43,44-24-8-3-9-25-44)45-39-58(62-59(40-45)66-57-35-19-18-34-56(57)65-55-33-17-13-29-50(55)61-60(65)66)64-53-32-16-12-28-48(53)49-38-41(36-37-54(49)64)63-51-30-14-10-26-46(51)47-27-11-15-31-52(47)63/h1-40H. The second-order valence-electron chi connectivity index (χ2n) is 17.4. The van der Waals surface area contributed by atoms with E-state index in [-0.39, 0.29) is 0 Å². The summed E-state index contributed by atoms with van der Waals surface area (Å²) in [6.07, 6.45) is 0. The highest BCUT2D eigenvalue weighted by Crippen LogP contribution is 2.37. The quantitative estimate of drug-likeness (QED) is 0.118. The first-order valence-electron chi connectivity index (χ1n) is 22.8. The van der Waals surface area contributed by atoms with Crippen molar-refractivity contribution in [3.05, 3.63) is 243 Å². The molecule has 5 aromatic heterocycles. The maximum atomic E-state index is 5.83. The lowest BCUT2D eigenvalue weighted by molar-refractivity contribution is 0.999. The molecule has 0 N–H and O–H groups in total. The Labute approximate surface area is 386 Å². The van der Waals surface area contributed by atoms with Crippen LogP contribution in [-0.4, -0.2) is 36.1 Å². The molecule has 0 amide bonds. The molecule has 0 aliphatic carbocycles. The molecule has 0 saturated carbocycles. The predicted octanol–water partition coefficient (Wildman–Crippen LogP) is 11.4. The summed E-state index contributed by atoms with van der Waals surface area (Å²) in [6.45, 7) is 0. The summed E-state index contributed by atoms with van der Waals surface area (Å²) in [5.41, 5.74) is 9.78. The molecule has 0 bridgehead atoms. The van der Waals surface area contributed by atoms with E-state index in [1.165, 1.54) is 47.9 Å². The molecule has 0 saturated heterocycles. The Balaban J connectivity index is 1.12. The van der Waals surface area contributed by atoms with Gasteiger partial charge in [-0.2, -0.15) is 0 Å². The van der Waals surface area contributed by atoms with Crippen molar-refractivity contribution in [2.24, 2.45) is 0 Å². The van der Waals surface area contributed by atoms with Crippen molar-refractivity contribution in [1.29, 1.82) is 0 Å². The van der Waals surface area contributed by atoms with Crippen molar-refractivity contribution in [2.45, 2.75) is 0 Å². The number of benzene rings is 9. The largest absolute Gasteiger partial charge is 0.309 e. The summed E-state index contributed by atoms with van der Waals surface area (Å²) in [5, 5.41) is 9.92. The Hall–Kier alpha value is -8.78. The van der Waals surface area contributed by atoms with E-state index >= 15 is 0 Å². The number of pyridine rings is 1. The van der Waals surface area contributed by atoms with Crippen LogP contribution in [0.15, 0.2) is 243 Å². The number of fused-ring (bicyclic) bond motifs is 11. The van der Waals surface area contributed by atoms with Crippen molar-refractivity contribution in [3.8, 4) is 17.3 Å². The topological polar surface area (TPSA) is 45.0 Å². The Morgan fingerprint density at radius 1 is 0.284 bits per heavy atom. The second-order valence-corrected chi connectivity index (χ2v) is 21.2. The molecule has 7 heteroatoms. The monoisotopic (exact) mass is 872 g/mol. The number of hydrogen-bond acceptors (Lipinski definition) is 2. The number of para-hydroxylation sites is 7. The van der Waals surface area contributed by atoms with Gasteiger partial charge < -0.3 is 4.57 Å². The SMILES string of the molecule is c1ccc([Si](c2ccccc2)(c2ccccc2)c2cc(-n3c4ccccc4c4cc(-n5c6ccccc6c6ccccc65)ccc43)nc(-n3c4ccccc4n4c5ccccc5nc34)c2)cc1. The maximum absolute atomic E-state index is 5.83. The molecule has 0 fully saturated rings. The van der Waals surface area contributed by atoms with Crippen LogP contribution in [0.25, 0.3) is 88.8 Å². The highest BCUT2D eigenvalue weighted by Gasteiger charge is 2.42. The molecular formula is C60H40N6Si. The zero-order valence-corrected chi connectivity index (χ0v) is 37.3. The molecule has 6 nitrogen and oxygen atoms in total. The average Bonchev–Trinajstić information content (AvgIpc) is 4.13. The van der Waals surface area contributed by atoms with Gasteiger partial charge in [0, 0.05) is 27.2 Å². The van der Waals surface area contributed by atoms with E-state index in [0.29, 0.717) is 0 Å². The molecule has 14 aromatic rings. The number of nitrogens with zero attached hydrogens (tertiary/aromatic N) is 6. The summed E-state index contributed by atoms with van der Waals surface area (Å²) in [4.78, 5) is 11.2. The van der Waals surface area contributed by atoms with E-state index in [1.807, 2.05) is 0 Å².